The van der Waals surface area contributed by atoms with Gasteiger partial charge in [-0.3, -0.25) is 4.79 Å². The van der Waals surface area contributed by atoms with Gasteiger partial charge in [-0.05, 0) is 38.5 Å². The fourth-order valence-electron chi connectivity index (χ4n) is 3.27. The van der Waals surface area contributed by atoms with Crippen LogP contribution in [0, 0.1) is 0 Å². The topological polar surface area (TPSA) is 57.5 Å². The maximum absolute atomic E-state index is 10.4. The second-order valence-electron chi connectivity index (χ2n) is 7.57. The van der Waals surface area contributed by atoms with Crippen LogP contribution in [-0.2, 0) is 4.79 Å². The molecule has 0 unspecified atom stereocenters. The SMILES string of the molecule is O=C(O)CCCCCCCCCC/C=C/CCCCCCCCCCO. The van der Waals surface area contributed by atoms with Crippen molar-refractivity contribution in [3.8, 4) is 0 Å². The molecule has 2 N–H and O–H groups in total. The van der Waals surface area contributed by atoms with Crippen LogP contribution in [0.4, 0.5) is 0 Å². The van der Waals surface area contributed by atoms with Gasteiger partial charge in [-0.15, -0.1) is 0 Å². The molecule has 0 aromatic rings. The van der Waals surface area contributed by atoms with Crippen molar-refractivity contribution in [3.63, 3.8) is 0 Å². The van der Waals surface area contributed by atoms with E-state index < -0.39 is 5.97 Å². The molecule has 0 aromatic carbocycles. The van der Waals surface area contributed by atoms with Crippen molar-refractivity contribution in [2.45, 2.75) is 122 Å². The van der Waals surface area contributed by atoms with Crippen LogP contribution in [0.5, 0.6) is 0 Å². The Bertz CT molecular complexity index is 313. The van der Waals surface area contributed by atoms with E-state index in [1.807, 2.05) is 0 Å². The number of hydrogen-bond donors (Lipinski definition) is 2. The first-order valence-corrected chi connectivity index (χ1v) is 11.2. The number of rotatable bonds is 21. The largest absolute Gasteiger partial charge is 0.481 e. The second kappa shape index (κ2) is 22.2. The van der Waals surface area contributed by atoms with E-state index in [1.54, 1.807) is 0 Å². The molecule has 0 aliphatic carbocycles. The Hall–Kier alpha value is -0.830. The number of hydrogen-bond acceptors (Lipinski definition) is 2. The van der Waals surface area contributed by atoms with Gasteiger partial charge in [0.05, 0.1) is 0 Å². The van der Waals surface area contributed by atoms with E-state index in [2.05, 4.69) is 12.2 Å². The molecule has 0 heterocycles. The molecule has 0 fully saturated rings. The third-order valence-electron chi connectivity index (χ3n) is 4.96. The van der Waals surface area contributed by atoms with Crippen LogP contribution >= 0.6 is 0 Å². The van der Waals surface area contributed by atoms with Gasteiger partial charge in [0.1, 0.15) is 0 Å². The molecule has 0 saturated carbocycles. The van der Waals surface area contributed by atoms with E-state index >= 15 is 0 Å². The lowest BCUT2D eigenvalue weighted by Crippen LogP contribution is -1.93. The highest BCUT2D eigenvalue weighted by Gasteiger charge is 1.96. The Kier molecular flexibility index (Phi) is 21.5. The van der Waals surface area contributed by atoms with Crippen LogP contribution in [0.3, 0.4) is 0 Å². The molecule has 26 heavy (non-hydrogen) atoms. The molecule has 0 atom stereocenters. The first-order chi connectivity index (χ1) is 12.8. The zero-order valence-electron chi connectivity index (χ0n) is 17.1. The van der Waals surface area contributed by atoms with Gasteiger partial charge in [0.25, 0.3) is 0 Å². The standard InChI is InChI=1S/C23H44O3/c24-22-20-18-16-14-12-10-8-6-4-2-1-3-5-7-9-11-13-15-17-19-21-23(25)26/h1-2,24H,3-22H2,(H,25,26)/b2-1+. The molecule has 3 nitrogen and oxygen atoms in total. The summed E-state index contributed by atoms with van der Waals surface area (Å²) in [6.45, 7) is 0.350. The zero-order valence-corrected chi connectivity index (χ0v) is 17.1. The molecule has 0 rings (SSSR count). The molecule has 3 heteroatoms. The first-order valence-electron chi connectivity index (χ1n) is 11.2. The number of aliphatic hydroxyl groups excluding tert-OH is 1. The fourth-order valence-corrected chi connectivity index (χ4v) is 3.27. The number of aliphatic hydroxyl groups is 1. The normalized spacial score (nSPS) is 11.4. The average Bonchev–Trinajstić information content (AvgIpc) is 2.62. The molecule has 0 radical (unpaired) electrons. The number of carbonyl (C=O) groups is 1. The Morgan fingerprint density at radius 1 is 0.538 bits per heavy atom. The predicted molar refractivity (Wildman–Crippen MR) is 112 cm³/mol. The van der Waals surface area contributed by atoms with Gasteiger partial charge in [-0.1, -0.05) is 89.2 Å². The lowest BCUT2D eigenvalue weighted by atomic mass is 10.1. The highest BCUT2D eigenvalue weighted by atomic mass is 16.4. The minimum absolute atomic E-state index is 0.331. The number of carboxylic acids is 1. The van der Waals surface area contributed by atoms with Gasteiger partial charge in [0.2, 0.25) is 0 Å². The summed E-state index contributed by atoms with van der Waals surface area (Å²) in [5.74, 6) is -0.664. The van der Waals surface area contributed by atoms with E-state index in [9.17, 15) is 4.79 Å². The van der Waals surface area contributed by atoms with Crippen molar-refractivity contribution in [3.05, 3.63) is 12.2 Å². The summed E-state index contributed by atoms with van der Waals surface area (Å²) in [7, 11) is 0. The van der Waals surface area contributed by atoms with Crippen LogP contribution in [-0.4, -0.2) is 22.8 Å². The Morgan fingerprint density at radius 2 is 0.885 bits per heavy atom. The third-order valence-corrected chi connectivity index (χ3v) is 4.96. The molecular formula is C23H44O3. The van der Waals surface area contributed by atoms with Gasteiger partial charge in [-0.2, -0.15) is 0 Å². The molecule has 0 aliphatic heterocycles. The van der Waals surface area contributed by atoms with Crippen LogP contribution in [0.1, 0.15) is 122 Å². The zero-order chi connectivity index (χ0) is 19.1. The molecule has 154 valence electrons. The summed E-state index contributed by atoms with van der Waals surface area (Å²) in [5, 5.41) is 17.3. The van der Waals surface area contributed by atoms with E-state index in [-0.39, 0.29) is 0 Å². The van der Waals surface area contributed by atoms with E-state index in [4.69, 9.17) is 10.2 Å². The highest BCUT2D eigenvalue weighted by Crippen LogP contribution is 2.12. The van der Waals surface area contributed by atoms with Crippen LogP contribution in [0.15, 0.2) is 12.2 Å². The number of allylic oxidation sites excluding steroid dienone is 2. The van der Waals surface area contributed by atoms with Gasteiger partial charge < -0.3 is 10.2 Å². The van der Waals surface area contributed by atoms with Gasteiger partial charge >= 0.3 is 5.97 Å². The van der Waals surface area contributed by atoms with E-state index in [0.29, 0.717) is 13.0 Å². The quantitative estimate of drug-likeness (QED) is 0.169. The predicted octanol–water partition coefficient (Wildman–Crippen LogP) is 7.03. The minimum Gasteiger partial charge on any atom is -0.481 e. The first kappa shape index (κ1) is 25.2. The van der Waals surface area contributed by atoms with Crippen molar-refractivity contribution in [2.75, 3.05) is 6.61 Å². The van der Waals surface area contributed by atoms with Gasteiger partial charge in [0, 0.05) is 13.0 Å². The number of carboxylic acid groups (broad SMARTS) is 1. The lowest BCUT2D eigenvalue weighted by molar-refractivity contribution is -0.137. The number of unbranched alkanes of at least 4 members (excludes halogenated alkanes) is 16. The summed E-state index contributed by atoms with van der Waals surface area (Å²) < 4.78 is 0. The molecule has 0 aromatic heterocycles. The summed E-state index contributed by atoms with van der Waals surface area (Å²) in [4.78, 5) is 10.4. The van der Waals surface area contributed by atoms with Crippen molar-refractivity contribution in [1.82, 2.24) is 0 Å². The molecule has 0 amide bonds. The smallest absolute Gasteiger partial charge is 0.303 e. The lowest BCUT2D eigenvalue weighted by Gasteiger charge is -2.01. The summed E-state index contributed by atoms with van der Waals surface area (Å²) >= 11 is 0. The maximum atomic E-state index is 10.4. The maximum Gasteiger partial charge on any atom is 0.303 e. The van der Waals surface area contributed by atoms with Crippen molar-refractivity contribution in [1.29, 1.82) is 0 Å². The Labute approximate surface area is 162 Å². The monoisotopic (exact) mass is 368 g/mol. The molecular weight excluding hydrogens is 324 g/mol. The highest BCUT2D eigenvalue weighted by molar-refractivity contribution is 5.66. The summed E-state index contributed by atoms with van der Waals surface area (Å²) in [6.07, 6.45) is 27.3. The number of aliphatic carboxylic acids is 1. The summed E-state index contributed by atoms with van der Waals surface area (Å²) in [5.41, 5.74) is 0. The molecule has 0 spiro atoms. The van der Waals surface area contributed by atoms with Crippen molar-refractivity contribution in [2.24, 2.45) is 0 Å². The average molecular weight is 369 g/mol. The van der Waals surface area contributed by atoms with Crippen molar-refractivity contribution < 1.29 is 15.0 Å². The van der Waals surface area contributed by atoms with Crippen LogP contribution in [0.2, 0.25) is 0 Å². The minimum atomic E-state index is -0.664. The summed E-state index contributed by atoms with van der Waals surface area (Å²) in [6, 6.07) is 0. The third kappa shape index (κ3) is 23.2. The van der Waals surface area contributed by atoms with Gasteiger partial charge in [0.15, 0.2) is 0 Å². The van der Waals surface area contributed by atoms with Crippen LogP contribution < -0.4 is 0 Å². The van der Waals surface area contributed by atoms with Gasteiger partial charge in [-0.25, -0.2) is 0 Å². The Balaban J connectivity index is 3.07. The van der Waals surface area contributed by atoms with E-state index in [0.717, 1.165) is 19.3 Å². The van der Waals surface area contributed by atoms with Crippen LogP contribution in [0.25, 0.3) is 0 Å². The van der Waals surface area contributed by atoms with Crippen molar-refractivity contribution >= 4 is 5.97 Å². The molecule has 0 bridgehead atoms. The molecule has 0 saturated heterocycles. The second-order valence-corrected chi connectivity index (χ2v) is 7.57. The van der Waals surface area contributed by atoms with E-state index in [1.165, 1.54) is 96.3 Å². The Morgan fingerprint density at radius 3 is 1.27 bits per heavy atom. The molecule has 0 aliphatic rings. The fraction of sp³-hybridized carbons (Fsp3) is 0.870.